The van der Waals surface area contributed by atoms with Crippen molar-refractivity contribution < 1.29 is 0 Å². The van der Waals surface area contributed by atoms with E-state index in [1.807, 2.05) is 17.9 Å². The van der Waals surface area contributed by atoms with E-state index in [0.29, 0.717) is 6.04 Å². The summed E-state index contributed by atoms with van der Waals surface area (Å²) in [4.78, 5) is 7.60. The molecule has 0 saturated carbocycles. The average molecular weight is 299 g/mol. The van der Waals surface area contributed by atoms with Crippen LogP contribution >= 0.6 is 0 Å². The molecule has 3 heterocycles. The first kappa shape index (κ1) is 14.0. The number of hydrogen-bond acceptors (Lipinski definition) is 3. The lowest BCUT2D eigenvalue weighted by Crippen LogP contribution is -2.25. The molecule has 22 heavy (non-hydrogen) atoms. The van der Waals surface area contributed by atoms with Crippen molar-refractivity contribution in [3.05, 3.63) is 35.2 Å². The zero-order valence-corrected chi connectivity index (χ0v) is 13.6. The van der Waals surface area contributed by atoms with Crippen molar-refractivity contribution in [3.8, 4) is 0 Å². The first-order chi connectivity index (χ1) is 10.7. The summed E-state index contributed by atoms with van der Waals surface area (Å²) < 4.78 is 4.28. The van der Waals surface area contributed by atoms with Crippen LogP contribution in [0.25, 0.3) is 0 Å². The zero-order chi connectivity index (χ0) is 15.1. The minimum Gasteiger partial charge on any atom is -0.334 e. The van der Waals surface area contributed by atoms with Crippen molar-refractivity contribution in [2.45, 2.75) is 51.1 Å². The van der Waals surface area contributed by atoms with Crippen molar-refractivity contribution in [3.63, 3.8) is 0 Å². The van der Waals surface area contributed by atoms with E-state index in [-0.39, 0.29) is 0 Å². The number of hydrogen-bond donors (Lipinski definition) is 0. The van der Waals surface area contributed by atoms with Crippen LogP contribution < -0.4 is 0 Å². The number of imidazole rings is 1. The van der Waals surface area contributed by atoms with Gasteiger partial charge in [0.15, 0.2) is 0 Å². The standard InChI is InChI=1S/C17H25N5/c1-20-11-13(10-18-20)12-22-9-5-8-16(22)17-19-14-6-3-4-7-15(14)21(17)2/h10-11,16H,3-9,12H2,1-2H3/t16-/m0/s1. The lowest BCUT2D eigenvalue weighted by atomic mass is 10.0. The van der Waals surface area contributed by atoms with Gasteiger partial charge in [0, 0.05) is 38.1 Å². The first-order valence-electron chi connectivity index (χ1n) is 8.48. The number of likely N-dealkylation sites (tertiary alicyclic amines) is 1. The molecule has 5 heteroatoms. The van der Waals surface area contributed by atoms with Crippen LogP contribution in [0.3, 0.4) is 0 Å². The van der Waals surface area contributed by atoms with Gasteiger partial charge in [-0.15, -0.1) is 0 Å². The summed E-state index contributed by atoms with van der Waals surface area (Å²) in [6.07, 6.45) is 11.6. The van der Waals surface area contributed by atoms with Gasteiger partial charge in [0.1, 0.15) is 5.82 Å². The molecule has 1 saturated heterocycles. The highest BCUT2D eigenvalue weighted by Gasteiger charge is 2.31. The van der Waals surface area contributed by atoms with Gasteiger partial charge in [-0.2, -0.15) is 5.10 Å². The van der Waals surface area contributed by atoms with Crippen molar-refractivity contribution >= 4 is 0 Å². The fourth-order valence-corrected chi connectivity index (χ4v) is 4.10. The zero-order valence-electron chi connectivity index (χ0n) is 13.6. The van der Waals surface area contributed by atoms with Gasteiger partial charge in [-0.25, -0.2) is 4.98 Å². The summed E-state index contributed by atoms with van der Waals surface area (Å²) in [6.45, 7) is 2.15. The summed E-state index contributed by atoms with van der Waals surface area (Å²) in [5.74, 6) is 1.29. The van der Waals surface area contributed by atoms with Gasteiger partial charge >= 0.3 is 0 Å². The number of fused-ring (bicyclic) bond motifs is 1. The van der Waals surface area contributed by atoms with Gasteiger partial charge in [-0.05, 0) is 45.1 Å². The lowest BCUT2D eigenvalue weighted by Gasteiger charge is -2.23. The van der Waals surface area contributed by atoms with E-state index < -0.39 is 0 Å². The Morgan fingerprint density at radius 3 is 2.82 bits per heavy atom. The lowest BCUT2D eigenvalue weighted by molar-refractivity contribution is 0.236. The molecular weight excluding hydrogens is 274 g/mol. The van der Waals surface area contributed by atoms with Crippen LogP contribution in [0.2, 0.25) is 0 Å². The van der Waals surface area contributed by atoms with Crippen LogP contribution in [0.1, 0.15) is 54.5 Å². The fraction of sp³-hybridized carbons (Fsp3) is 0.647. The summed E-state index contributed by atoms with van der Waals surface area (Å²) in [6, 6.07) is 0.468. The Kier molecular flexibility index (Phi) is 3.53. The van der Waals surface area contributed by atoms with Crippen molar-refractivity contribution in [1.82, 2.24) is 24.2 Å². The first-order valence-corrected chi connectivity index (χ1v) is 8.48. The molecule has 2 aromatic heterocycles. The highest BCUT2D eigenvalue weighted by atomic mass is 15.3. The van der Waals surface area contributed by atoms with E-state index in [1.165, 1.54) is 61.3 Å². The van der Waals surface area contributed by atoms with E-state index >= 15 is 0 Å². The predicted molar refractivity (Wildman–Crippen MR) is 85.4 cm³/mol. The molecule has 1 atom stereocenters. The Morgan fingerprint density at radius 2 is 2.05 bits per heavy atom. The van der Waals surface area contributed by atoms with Gasteiger partial charge in [-0.1, -0.05) is 0 Å². The molecule has 118 valence electrons. The summed E-state index contributed by atoms with van der Waals surface area (Å²) >= 11 is 0. The van der Waals surface area contributed by atoms with E-state index in [1.54, 1.807) is 0 Å². The molecule has 0 unspecified atom stereocenters. The topological polar surface area (TPSA) is 38.9 Å². The minimum absolute atomic E-state index is 0.468. The van der Waals surface area contributed by atoms with E-state index in [2.05, 4.69) is 27.8 Å². The number of aromatic nitrogens is 4. The third kappa shape index (κ3) is 2.37. The quantitative estimate of drug-likeness (QED) is 0.873. The smallest absolute Gasteiger partial charge is 0.126 e. The molecule has 0 N–H and O–H groups in total. The van der Waals surface area contributed by atoms with E-state index in [9.17, 15) is 0 Å². The van der Waals surface area contributed by atoms with Gasteiger partial charge in [0.25, 0.3) is 0 Å². The molecule has 2 aliphatic rings. The highest BCUT2D eigenvalue weighted by Crippen LogP contribution is 2.34. The maximum absolute atomic E-state index is 5.03. The monoisotopic (exact) mass is 299 g/mol. The number of aryl methyl sites for hydroxylation is 2. The molecule has 1 aliphatic heterocycles. The second kappa shape index (κ2) is 5.54. The molecule has 5 nitrogen and oxygen atoms in total. The molecule has 0 bridgehead atoms. The Labute approximate surface area is 131 Å². The average Bonchev–Trinajstić information content (AvgIpc) is 3.21. The van der Waals surface area contributed by atoms with Gasteiger partial charge < -0.3 is 4.57 Å². The fourth-order valence-electron chi connectivity index (χ4n) is 4.10. The van der Waals surface area contributed by atoms with E-state index in [0.717, 1.165) is 13.1 Å². The molecule has 1 fully saturated rings. The minimum atomic E-state index is 0.468. The second-order valence-corrected chi connectivity index (χ2v) is 6.78. The summed E-state index contributed by atoms with van der Waals surface area (Å²) in [5.41, 5.74) is 4.14. The Morgan fingerprint density at radius 1 is 1.18 bits per heavy atom. The van der Waals surface area contributed by atoms with Crippen LogP contribution in [0.15, 0.2) is 12.4 Å². The summed E-state index contributed by atoms with van der Waals surface area (Å²) in [7, 11) is 4.20. The third-order valence-electron chi connectivity index (χ3n) is 5.21. The maximum atomic E-state index is 5.03. The molecular formula is C17H25N5. The van der Waals surface area contributed by atoms with Crippen LogP contribution in [0, 0.1) is 0 Å². The molecule has 0 aromatic carbocycles. The molecule has 4 rings (SSSR count). The molecule has 0 spiro atoms. The predicted octanol–water partition coefficient (Wildman–Crippen LogP) is 2.37. The number of rotatable bonds is 3. The third-order valence-corrected chi connectivity index (χ3v) is 5.21. The van der Waals surface area contributed by atoms with Crippen LogP contribution in [-0.4, -0.2) is 30.8 Å². The normalized spacial score (nSPS) is 22.2. The largest absolute Gasteiger partial charge is 0.334 e. The maximum Gasteiger partial charge on any atom is 0.126 e. The van der Waals surface area contributed by atoms with Gasteiger partial charge in [0.05, 0.1) is 17.9 Å². The van der Waals surface area contributed by atoms with Crippen LogP contribution in [-0.2, 0) is 33.5 Å². The van der Waals surface area contributed by atoms with Crippen LogP contribution in [0.4, 0.5) is 0 Å². The molecule has 1 aliphatic carbocycles. The highest BCUT2D eigenvalue weighted by molar-refractivity contribution is 5.22. The number of nitrogens with zero attached hydrogens (tertiary/aromatic N) is 5. The van der Waals surface area contributed by atoms with Crippen LogP contribution in [0.5, 0.6) is 0 Å². The van der Waals surface area contributed by atoms with Crippen molar-refractivity contribution in [2.75, 3.05) is 6.54 Å². The van der Waals surface area contributed by atoms with Crippen molar-refractivity contribution in [1.29, 1.82) is 0 Å². The Hall–Kier alpha value is -1.62. The van der Waals surface area contributed by atoms with Gasteiger partial charge in [-0.3, -0.25) is 9.58 Å². The molecule has 2 aromatic rings. The summed E-state index contributed by atoms with van der Waals surface area (Å²) in [5, 5.41) is 4.30. The molecule has 0 amide bonds. The van der Waals surface area contributed by atoms with Crippen molar-refractivity contribution in [2.24, 2.45) is 14.1 Å². The SMILES string of the molecule is Cn1cc(CN2CCC[C@H]2c2nc3c(n2C)CCCC3)cn1. The van der Waals surface area contributed by atoms with E-state index in [4.69, 9.17) is 4.98 Å². The second-order valence-electron chi connectivity index (χ2n) is 6.78. The Balaban J connectivity index is 1.59. The van der Waals surface area contributed by atoms with Gasteiger partial charge in [0.2, 0.25) is 0 Å². The Bertz CT molecular complexity index is 669. The molecule has 0 radical (unpaired) electrons.